The highest BCUT2D eigenvalue weighted by Crippen LogP contribution is 2.26. The number of alkyl halides is 3. The lowest BCUT2D eigenvalue weighted by molar-refractivity contribution is -0.274. The predicted octanol–water partition coefficient (Wildman–Crippen LogP) is 3.76. The van der Waals surface area contributed by atoms with Gasteiger partial charge < -0.3 is 10.1 Å². The first-order valence-electron chi connectivity index (χ1n) is 8.93. The predicted molar refractivity (Wildman–Crippen MR) is 98.1 cm³/mol. The van der Waals surface area contributed by atoms with E-state index in [9.17, 15) is 13.2 Å². The largest absolute Gasteiger partial charge is 0.573 e. The molecular weight excluding hydrogens is 355 g/mol. The van der Waals surface area contributed by atoms with Gasteiger partial charge in [0.15, 0.2) is 0 Å². The van der Waals surface area contributed by atoms with Crippen molar-refractivity contribution in [3.8, 4) is 5.75 Å². The summed E-state index contributed by atoms with van der Waals surface area (Å²) in [6.07, 6.45) is -4.66. The van der Waals surface area contributed by atoms with Crippen molar-refractivity contribution in [1.82, 2.24) is 16.2 Å². The average molecular weight is 379 g/mol. The summed E-state index contributed by atoms with van der Waals surface area (Å²) >= 11 is 0. The van der Waals surface area contributed by atoms with Crippen LogP contribution in [0.3, 0.4) is 0 Å². The van der Waals surface area contributed by atoms with Gasteiger partial charge in [0.2, 0.25) is 0 Å². The molecular formula is C20H24F3N3O. The molecule has 2 aromatic rings. The van der Waals surface area contributed by atoms with Crippen molar-refractivity contribution < 1.29 is 17.9 Å². The van der Waals surface area contributed by atoms with E-state index in [1.807, 2.05) is 0 Å². The van der Waals surface area contributed by atoms with Gasteiger partial charge in [-0.15, -0.1) is 13.2 Å². The summed E-state index contributed by atoms with van der Waals surface area (Å²) in [4.78, 5) is 0. The van der Waals surface area contributed by atoms with E-state index in [0.29, 0.717) is 12.5 Å². The van der Waals surface area contributed by atoms with Crippen LogP contribution in [0.15, 0.2) is 42.5 Å². The summed E-state index contributed by atoms with van der Waals surface area (Å²) < 4.78 is 40.5. The number of benzene rings is 2. The normalized spacial score (nSPS) is 20.0. The Morgan fingerprint density at radius 1 is 1.07 bits per heavy atom. The van der Waals surface area contributed by atoms with Gasteiger partial charge in [-0.2, -0.15) is 0 Å². The molecule has 2 atom stereocenters. The molecule has 0 saturated carbocycles. The minimum absolute atomic E-state index is 0.203. The summed E-state index contributed by atoms with van der Waals surface area (Å²) in [6, 6.07) is 12.7. The fourth-order valence-electron chi connectivity index (χ4n) is 3.25. The van der Waals surface area contributed by atoms with Crippen LogP contribution in [-0.2, 0) is 6.54 Å². The third-order valence-electron chi connectivity index (χ3n) is 4.88. The van der Waals surface area contributed by atoms with Crippen molar-refractivity contribution in [2.75, 3.05) is 13.1 Å². The topological polar surface area (TPSA) is 45.3 Å². The van der Waals surface area contributed by atoms with Crippen LogP contribution in [0.1, 0.15) is 28.3 Å². The van der Waals surface area contributed by atoms with Crippen molar-refractivity contribution in [2.45, 2.75) is 32.8 Å². The Morgan fingerprint density at radius 2 is 1.81 bits per heavy atom. The van der Waals surface area contributed by atoms with E-state index in [1.54, 1.807) is 12.1 Å². The van der Waals surface area contributed by atoms with E-state index in [1.165, 1.54) is 28.8 Å². The Labute approximate surface area is 157 Å². The molecule has 3 N–H and O–H groups in total. The third kappa shape index (κ3) is 5.45. The summed E-state index contributed by atoms with van der Waals surface area (Å²) in [5.74, 6) is 0.171. The SMILES string of the molecule is Cc1ccc(C2NNCC2CNCc2ccc(OC(F)(F)F)cc2)cc1C. The third-order valence-corrected chi connectivity index (χ3v) is 4.88. The van der Waals surface area contributed by atoms with Gasteiger partial charge in [-0.1, -0.05) is 30.3 Å². The van der Waals surface area contributed by atoms with Gasteiger partial charge in [0, 0.05) is 25.6 Å². The molecule has 1 aliphatic heterocycles. The van der Waals surface area contributed by atoms with E-state index in [4.69, 9.17) is 0 Å². The van der Waals surface area contributed by atoms with Crippen LogP contribution in [0, 0.1) is 19.8 Å². The van der Waals surface area contributed by atoms with Crippen molar-refractivity contribution >= 4 is 0 Å². The van der Waals surface area contributed by atoms with E-state index in [-0.39, 0.29) is 11.8 Å². The Kier molecular flexibility index (Phi) is 6.04. The molecule has 4 nitrogen and oxygen atoms in total. The highest BCUT2D eigenvalue weighted by molar-refractivity contribution is 5.32. The zero-order valence-electron chi connectivity index (χ0n) is 15.4. The second-order valence-electron chi connectivity index (χ2n) is 6.93. The Balaban J connectivity index is 1.52. The maximum Gasteiger partial charge on any atom is 0.573 e. The van der Waals surface area contributed by atoms with Crippen LogP contribution in [0.5, 0.6) is 5.75 Å². The number of aryl methyl sites for hydroxylation is 2. The number of ether oxygens (including phenoxy) is 1. The number of nitrogens with one attached hydrogen (secondary N) is 3. The average Bonchev–Trinajstić information content (AvgIpc) is 3.06. The van der Waals surface area contributed by atoms with Gasteiger partial charge in [-0.3, -0.25) is 5.43 Å². The molecule has 27 heavy (non-hydrogen) atoms. The monoisotopic (exact) mass is 379 g/mol. The van der Waals surface area contributed by atoms with Crippen LogP contribution in [-0.4, -0.2) is 19.5 Å². The molecule has 146 valence electrons. The van der Waals surface area contributed by atoms with Crippen LogP contribution in [0.2, 0.25) is 0 Å². The van der Waals surface area contributed by atoms with Gasteiger partial charge >= 0.3 is 6.36 Å². The molecule has 0 bridgehead atoms. The molecule has 0 spiro atoms. The highest BCUT2D eigenvalue weighted by atomic mass is 19.4. The Morgan fingerprint density at radius 3 is 2.48 bits per heavy atom. The minimum Gasteiger partial charge on any atom is -0.406 e. The summed E-state index contributed by atoms with van der Waals surface area (Å²) in [5.41, 5.74) is 11.3. The van der Waals surface area contributed by atoms with Crippen LogP contribution < -0.4 is 20.9 Å². The van der Waals surface area contributed by atoms with Crippen molar-refractivity contribution in [2.24, 2.45) is 5.92 Å². The molecule has 2 aromatic carbocycles. The van der Waals surface area contributed by atoms with E-state index in [0.717, 1.165) is 18.7 Å². The fraction of sp³-hybridized carbons (Fsp3) is 0.400. The van der Waals surface area contributed by atoms with Gasteiger partial charge in [0.25, 0.3) is 0 Å². The number of rotatable bonds is 6. The van der Waals surface area contributed by atoms with Crippen molar-refractivity contribution in [3.05, 3.63) is 64.7 Å². The molecule has 0 aromatic heterocycles. The van der Waals surface area contributed by atoms with E-state index in [2.05, 4.69) is 53.0 Å². The first-order chi connectivity index (χ1) is 12.8. The first-order valence-corrected chi connectivity index (χ1v) is 8.93. The summed E-state index contributed by atoms with van der Waals surface area (Å²) in [6.45, 7) is 6.44. The fourth-order valence-corrected chi connectivity index (χ4v) is 3.25. The standard InChI is InChI=1S/C20H24F3N3O/c1-13-3-6-16(9-14(13)2)19-17(12-25-26-19)11-24-10-15-4-7-18(8-5-15)27-20(21,22)23/h3-9,17,19,24-26H,10-12H2,1-2H3. The molecule has 7 heteroatoms. The molecule has 2 unspecified atom stereocenters. The number of halogens is 3. The molecule has 3 rings (SSSR count). The van der Waals surface area contributed by atoms with Crippen LogP contribution in [0.4, 0.5) is 13.2 Å². The molecule has 1 aliphatic rings. The summed E-state index contributed by atoms with van der Waals surface area (Å²) in [7, 11) is 0. The molecule has 0 amide bonds. The van der Waals surface area contributed by atoms with Crippen LogP contribution >= 0.6 is 0 Å². The second kappa shape index (κ2) is 8.29. The molecule has 1 heterocycles. The molecule has 1 saturated heterocycles. The summed E-state index contributed by atoms with van der Waals surface area (Å²) in [5, 5.41) is 3.39. The lowest BCUT2D eigenvalue weighted by atomic mass is 9.92. The van der Waals surface area contributed by atoms with E-state index >= 15 is 0 Å². The quantitative estimate of drug-likeness (QED) is 0.715. The number of hydrogen-bond donors (Lipinski definition) is 3. The van der Waals surface area contributed by atoms with Crippen molar-refractivity contribution in [3.63, 3.8) is 0 Å². The van der Waals surface area contributed by atoms with Gasteiger partial charge in [0.1, 0.15) is 5.75 Å². The smallest absolute Gasteiger partial charge is 0.406 e. The molecule has 1 fully saturated rings. The van der Waals surface area contributed by atoms with Crippen LogP contribution in [0.25, 0.3) is 0 Å². The lowest BCUT2D eigenvalue weighted by Gasteiger charge is -2.20. The molecule has 0 radical (unpaired) electrons. The second-order valence-corrected chi connectivity index (χ2v) is 6.93. The number of hydrazine groups is 1. The lowest BCUT2D eigenvalue weighted by Crippen LogP contribution is -2.28. The highest BCUT2D eigenvalue weighted by Gasteiger charge is 2.31. The maximum atomic E-state index is 12.2. The van der Waals surface area contributed by atoms with Gasteiger partial charge in [-0.05, 0) is 48.2 Å². The Bertz CT molecular complexity index is 762. The van der Waals surface area contributed by atoms with Gasteiger partial charge in [0.05, 0.1) is 6.04 Å². The first kappa shape index (κ1) is 19.7. The zero-order valence-corrected chi connectivity index (χ0v) is 15.4. The zero-order chi connectivity index (χ0) is 19.4. The maximum absolute atomic E-state index is 12.2. The number of hydrogen-bond acceptors (Lipinski definition) is 4. The molecule has 0 aliphatic carbocycles. The van der Waals surface area contributed by atoms with Crippen molar-refractivity contribution in [1.29, 1.82) is 0 Å². The minimum atomic E-state index is -4.66. The van der Waals surface area contributed by atoms with Gasteiger partial charge in [-0.25, -0.2) is 5.43 Å². The van der Waals surface area contributed by atoms with E-state index < -0.39 is 6.36 Å². The Hall–Kier alpha value is -2.09.